The fraction of sp³-hybridized carbons (Fsp3) is 0.500. The van der Waals surface area contributed by atoms with Crippen LogP contribution in [-0.2, 0) is 14.8 Å². The predicted octanol–water partition coefficient (Wildman–Crippen LogP) is 2.14. The van der Waals surface area contributed by atoms with Gasteiger partial charge in [0, 0.05) is 28.2 Å². The highest BCUT2D eigenvalue weighted by Gasteiger charge is 2.56. The summed E-state index contributed by atoms with van der Waals surface area (Å²) in [7, 11) is 2.91. The molecule has 0 bridgehead atoms. The van der Waals surface area contributed by atoms with Gasteiger partial charge in [0.05, 0.1) is 22.2 Å². The topological polar surface area (TPSA) is 69.7 Å². The number of anilines is 2. The molecule has 2 rings (SSSR count). The van der Waals surface area contributed by atoms with Crippen LogP contribution in [0.15, 0.2) is 23.1 Å². The molecule has 0 aromatic heterocycles. The van der Waals surface area contributed by atoms with E-state index in [-0.39, 0.29) is 10.8 Å². The molecule has 0 saturated heterocycles. The number of carbonyl (C=O) groups is 1. The molecule has 1 aliphatic carbocycles. The fourth-order valence-electron chi connectivity index (χ4n) is 2.09. The summed E-state index contributed by atoms with van der Waals surface area (Å²) in [5.41, 5.74) is 1.09. The van der Waals surface area contributed by atoms with E-state index in [9.17, 15) is 13.2 Å². The summed E-state index contributed by atoms with van der Waals surface area (Å²) in [6.45, 7) is 0. The second kappa shape index (κ2) is 6.12. The van der Waals surface area contributed by atoms with E-state index in [2.05, 4.69) is 5.32 Å². The van der Waals surface area contributed by atoms with Gasteiger partial charge < -0.3 is 10.2 Å². The van der Waals surface area contributed by atoms with Gasteiger partial charge in [-0.15, -0.1) is 23.2 Å². The summed E-state index contributed by atoms with van der Waals surface area (Å²) in [6.07, 6.45) is 0.384. The highest BCUT2D eigenvalue weighted by molar-refractivity contribution is 7.89. The monoisotopic (exact) mass is 379 g/mol. The lowest BCUT2D eigenvalue weighted by Crippen LogP contribution is -2.24. The van der Waals surface area contributed by atoms with Crippen LogP contribution in [-0.4, -0.2) is 51.2 Å². The molecule has 0 heterocycles. The van der Waals surface area contributed by atoms with E-state index in [0.29, 0.717) is 17.8 Å². The minimum atomic E-state index is -3.59. The molecular weight excluding hydrogens is 361 g/mol. The quantitative estimate of drug-likeness (QED) is 0.795. The Kier molecular flexibility index (Phi) is 4.88. The SMILES string of the molecule is CN(C)c1ccc(S(=O)(=O)N(C)C)cc1NC(=O)C1CC1(Cl)Cl. The Balaban J connectivity index is 2.37. The summed E-state index contributed by atoms with van der Waals surface area (Å²) in [6, 6.07) is 4.59. The number of sulfonamides is 1. The second-order valence-electron chi connectivity index (χ2n) is 5.87. The number of halogens is 2. The summed E-state index contributed by atoms with van der Waals surface area (Å²) in [5, 5.41) is 2.73. The first kappa shape index (κ1) is 18.3. The van der Waals surface area contributed by atoms with Crippen molar-refractivity contribution < 1.29 is 13.2 Å². The maximum absolute atomic E-state index is 12.3. The number of hydrogen-bond donors (Lipinski definition) is 1. The van der Waals surface area contributed by atoms with Crippen LogP contribution in [0.3, 0.4) is 0 Å². The lowest BCUT2D eigenvalue weighted by Gasteiger charge is -2.20. The van der Waals surface area contributed by atoms with Crippen molar-refractivity contribution in [2.45, 2.75) is 15.6 Å². The molecule has 1 aromatic carbocycles. The second-order valence-corrected chi connectivity index (χ2v) is 9.56. The zero-order valence-electron chi connectivity index (χ0n) is 13.3. The molecule has 1 aromatic rings. The van der Waals surface area contributed by atoms with Crippen LogP contribution in [0.25, 0.3) is 0 Å². The van der Waals surface area contributed by atoms with E-state index in [1.165, 1.54) is 26.2 Å². The Morgan fingerprint density at radius 2 is 1.83 bits per heavy atom. The van der Waals surface area contributed by atoms with Crippen molar-refractivity contribution in [3.05, 3.63) is 18.2 Å². The Bertz CT molecular complexity index is 733. The standard InChI is InChI=1S/C14H19Cl2N3O3S/c1-18(2)12-6-5-9(23(21,22)19(3)4)7-11(12)17-13(20)10-8-14(10,15)16/h5-7,10H,8H2,1-4H3,(H,17,20). The molecule has 0 spiro atoms. The lowest BCUT2D eigenvalue weighted by atomic mass is 10.2. The van der Waals surface area contributed by atoms with Crippen LogP contribution in [0.1, 0.15) is 6.42 Å². The molecule has 1 saturated carbocycles. The molecule has 1 amide bonds. The molecular formula is C14H19Cl2N3O3S. The summed E-state index contributed by atoms with van der Waals surface area (Å²) < 4.78 is 24.6. The van der Waals surface area contributed by atoms with E-state index in [4.69, 9.17) is 23.2 Å². The van der Waals surface area contributed by atoms with Crippen LogP contribution in [0, 0.1) is 5.92 Å². The van der Waals surface area contributed by atoms with Crippen molar-refractivity contribution in [2.75, 3.05) is 38.4 Å². The van der Waals surface area contributed by atoms with Crippen molar-refractivity contribution in [1.82, 2.24) is 4.31 Å². The van der Waals surface area contributed by atoms with E-state index >= 15 is 0 Å². The third-order valence-corrected chi connectivity index (χ3v) is 6.28. The van der Waals surface area contributed by atoms with Gasteiger partial charge in [0.1, 0.15) is 4.33 Å². The molecule has 1 atom stereocenters. The first-order valence-corrected chi connectivity index (χ1v) is 9.09. The smallest absolute Gasteiger partial charge is 0.242 e. The maximum atomic E-state index is 12.3. The Morgan fingerprint density at radius 1 is 1.26 bits per heavy atom. The van der Waals surface area contributed by atoms with E-state index in [1.807, 2.05) is 0 Å². The van der Waals surface area contributed by atoms with Crippen molar-refractivity contribution in [3.8, 4) is 0 Å². The van der Waals surface area contributed by atoms with Gasteiger partial charge in [0.15, 0.2) is 0 Å². The van der Waals surface area contributed by atoms with Gasteiger partial charge >= 0.3 is 0 Å². The highest BCUT2D eigenvalue weighted by Crippen LogP contribution is 2.53. The predicted molar refractivity (Wildman–Crippen MR) is 92.8 cm³/mol. The van der Waals surface area contributed by atoms with Crippen LogP contribution in [0.2, 0.25) is 0 Å². The van der Waals surface area contributed by atoms with Gasteiger partial charge in [-0.3, -0.25) is 4.79 Å². The molecule has 128 valence electrons. The number of alkyl halides is 2. The third-order valence-electron chi connectivity index (χ3n) is 3.63. The molecule has 9 heteroatoms. The van der Waals surface area contributed by atoms with E-state index in [0.717, 1.165) is 4.31 Å². The van der Waals surface area contributed by atoms with Crippen LogP contribution >= 0.6 is 23.2 Å². The minimum Gasteiger partial charge on any atom is -0.376 e. The number of nitrogens with zero attached hydrogens (tertiary/aromatic N) is 2. The van der Waals surface area contributed by atoms with Gasteiger partial charge in [-0.05, 0) is 24.6 Å². The van der Waals surface area contributed by atoms with Gasteiger partial charge in [-0.2, -0.15) is 0 Å². The van der Waals surface area contributed by atoms with Crippen LogP contribution in [0.4, 0.5) is 11.4 Å². The van der Waals surface area contributed by atoms with Crippen molar-refractivity contribution in [2.24, 2.45) is 5.92 Å². The average molecular weight is 380 g/mol. The molecule has 1 aliphatic rings. The largest absolute Gasteiger partial charge is 0.376 e. The summed E-state index contributed by atoms with van der Waals surface area (Å²) >= 11 is 11.8. The van der Waals surface area contributed by atoms with Crippen LogP contribution in [0.5, 0.6) is 0 Å². The van der Waals surface area contributed by atoms with Crippen LogP contribution < -0.4 is 10.2 Å². The van der Waals surface area contributed by atoms with E-state index < -0.39 is 20.3 Å². The first-order chi connectivity index (χ1) is 10.5. The lowest BCUT2D eigenvalue weighted by molar-refractivity contribution is -0.117. The zero-order chi connectivity index (χ0) is 17.6. The number of benzene rings is 1. The molecule has 0 radical (unpaired) electrons. The number of amides is 1. The van der Waals surface area contributed by atoms with Gasteiger partial charge in [0.25, 0.3) is 0 Å². The molecule has 1 unspecified atom stereocenters. The summed E-state index contributed by atoms with van der Waals surface area (Å²) in [4.78, 5) is 14.1. The molecule has 1 fully saturated rings. The average Bonchev–Trinajstić information content (AvgIpc) is 3.07. The number of rotatable bonds is 5. The number of carbonyl (C=O) groups excluding carboxylic acids is 1. The third kappa shape index (κ3) is 3.74. The van der Waals surface area contributed by atoms with Gasteiger partial charge in [-0.1, -0.05) is 0 Å². The maximum Gasteiger partial charge on any atom is 0.242 e. The molecule has 0 aliphatic heterocycles. The fourth-order valence-corrected chi connectivity index (χ4v) is 3.53. The Labute approximate surface area is 146 Å². The summed E-state index contributed by atoms with van der Waals surface area (Å²) in [5.74, 6) is -0.813. The van der Waals surface area contributed by atoms with Gasteiger partial charge in [0.2, 0.25) is 15.9 Å². The zero-order valence-corrected chi connectivity index (χ0v) is 15.6. The van der Waals surface area contributed by atoms with Crippen molar-refractivity contribution >= 4 is 50.5 Å². The number of hydrogen-bond acceptors (Lipinski definition) is 4. The highest BCUT2D eigenvalue weighted by atomic mass is 35.5. The minimum absolute atomic E-state index is 0.0993. The first-order valence-electron chi connectivity index (χ1n) is 6.89. The van der Waals surface area contributed by atoms with Gasteiger partial charge in [-0.25, -0.2) is 12.7 Å². The molecule has 23 heavy (non-hydrogen) atoms. The normalized spacial score (nSPS) is 19.5. The van der Waals surface area contributed by atoms with Crippen molar-refractivity contribution in [3.63, 3.8) is 0 Å². The number of nitrogens with one attached hydrogen (secondary N) is 1. The molecule has 6 nitrogen and oxygen atoms in total. The Morgan fingerprint density at radius 3 is 2.26 bits per heavy atom. The van der Waals surface area contributed by atoms with Crippen molar-refractivity contribution in [1.29, 1.82) is 0 Å². The van der Waals surface area contributed by atoms with E-state index in [1.54, 1.807) is 25.1 Å². The molecule has 1 N–H and O–H groups in total. The Hall–Kier alpha value is -1.02.